The molecule has 2 aliphatic rings. The zero-order valence-electron chi connectivity index (χ0n) is 19.3. The van der Waals surface area contributed by atoms with Gasteiger partial charge in [-0.15, -0.1) is 0 Å². The number of carbonyl (C=O) groups is 2. The molecule has 2 heterocycles. The van der Waals surface area contributed by atoms with Crippen LogP contribution in [0.5, 0.6) is 5.75 Å². The summed E-state index contributed by atoms with van der Waals surface area (Å²) in [7, 11) is -2.49. The third-order valence-corrected chi connectivity index (χ3v) is 8.09. The molecular weight excluding hydrogens is 458 g/mol. The molecule has 34 heavy (non-hydrogen) atoms. The fraction of sp³-hybridized carbons (Fsp3) is 0.417. The Morgan fingerprint density at radius 2 is 1.68 bits per heavy atom. The summed E-state index contributed by atoms with van der Waals surface area (Å²) in [5.41, 5.74) is 1.32. The summed E-state index contributed by atoms with van der Waals surface area (Å²) in [6.45, 7) is 4.94. The van der Waals surface area contributed by atoms with Crippen LogP contribution < -0.4 is 9.64 Å². The molecule has 2 amide bonds. The number of sulfonamides is 1. The van der Waals surface area contributed by atoms with Crippen molar-refractivity contribution in [2.24, 2.45) is 0 Å². The first kappa shape index (κ1) is 24.3. The normalized spacial score (nSPS) is 19.7. The maximum atomic E-state index is 13.7. The number of hydrogen-bond donors (Lipinski definition) is 0. The summed E-state index contributed by atoms with van der Waals surface area (Å²) < 4.78 is 39.0. The second-order valence-electron chi connectivity index (χ2n) is 8.37. The van der Waals surface area contributed by atoms with Crippen molar-refractivity contribution in [2.75, 3.05) is 51.4 Å². The van der Waals surface area contributed by atoms with E-state index in [9.17, 15) is 18.0 Å². The minimum Gasteiger partial charge on any atom is -0.497 e. The Kier molecular flexibility index (Phi) is 7.32. The molecule has 0 aliphatic carbocycles. The molecule has 0 N–H and O–H groups in total. The Morgan fingerprint density at radius 3 is 2.29 bits per heavy atom. The predicted molar refractivity (Wildman–Crippen MR) is 126 cm³/mol. The second-order valence-corrected chi connectivity index (χ2v) is 10.3. The van der Waals surface area contributed by atoms with Crippen LogP contribution in [0.4, 0.5) is 5.69 Å². The fourth-order valence-electron chi connectivity index (χ4n) is 4.20. The van der Waals surface area contributed by atoms with Crippen LogP contribution in [-0.2, 0) is 24.3 Å². The molecule has 2 aromatic rings. The molecule has 182 valence electrons. The first-order valence-corrected chi connectivity index (χ1v) is 12.6. The van der Waals surface area contributed by atoms with Gasteiger partial charge in [0, 0.05) is 26.2 Å². The number of morpholine rings is 1. The van der Waals surface area contributed by atoms with Crippen molar-refractivity contribution >= 4 is 27.5 Å². The predicted octanol–water partition coefficient (Wildman–Crippen LogP) is 1.66. The van der Waals surface area contributed by atoms with Gasteiger partial charge in [0.05, 0.1) is 37.3 Å². The number of carbonyl (C=O) groups excluding carboxylic acids is 2. The quantitative estimate of drug-likeness (QED) is 0.523. The first-order chi connectivity index (χ1) is 16.3. The maximum absolute atomic E-state index is 13.7. The van der Waals surface area contributed by atoms with Crippen LogP contribution in [0.15, 0.2) is 53.4 Å². The number of methoxy groups -OCH3 is 1. The molecule has 2 fully saturated rings. The van der Waals surface area contributed by atoms with Crippen LogP contribution in [0.1, 0.15) is 12.0 Å². The van der Waals surface area contributed by atoms with Crippen molar-refractivity contribution in [3.05, 3.63) is 54.1 Å². The van der Waals surface area contributed by atoms with E-state index in [0.29, 0.717) is 44.3 Å². The van der Waals surface area contributed by atoms with Crippen LogP contribution in [0.3, 0.4) is 0 Å². The van der Waals surface area contributed by atoms with E-state index in [-0.39, 0.29) is 17.9 Å². The van der Waals surface area contributed by atoms with Crippen LogP contribution >= 0.6 is 0 Å². The Morgan fingerprint density at radius 1 is 1.03 bits per heavy atom. The number of benzene rings is 2. The lowest BCUT2D eigenvalue weighted by molar-refractivity contribution is -0.122. The molecule has 2 aromatic carbocycles. The Hall–Kier alpha value is -2.79. The lowest BCUT2D eigenvalue weighted by Gasteiger charge is -2.31. The monoisotopic (exact) mass is 487 g/mol. The zero-order chi connectivity index (χ0) is 24.3. The molecule has 9 nitrogen and oxygen atoms in total. The molecule has 2 saturated heterocycles. The second kappa shape index (κ2) is 10.2. The third kappa shape index (κ3) is 5.00. The summed E-state index contributed by atoms with van der Waals surface area (Å²) in [4.78, 5) is 29.6. The minimum absolute atomic E-state index is 0.0936. The number of imide groups is 1. The summed E-state index contributed by atoms with van der Waals surface area (Å²) in [5, 5.41) is 0. The highest BCUT2D eigenvalue weighted by atomic mass is 32.2. The van der Waals surface area contributed by atoms with Gasteiger partial charge in [0.1, 0.15) is 11.8 Å². The van der Waals surface area contributed by atoms with E-state index in [1.54, 1.807) is 36.4 Å². The topological polar surface area (TPSA) is 96.5 Å². The van der Waals surface area contributed by atoms with Crippen LogP contribution in [0.25, 0.3) is 0 Å². The van der Waals surface area contributed by atoms with E-state index in [4.69, 9.17) is 9.47 Å². The first-order valence-electron chi connectivity index (χ1n) is 11.2. The van der Waals surface area contributed by atoms with E-state index < -0.39 is 27.9 Å². The average molecular weight is 488 g/mol. The molecular formula is C24H29N3O6S. The highest BCUT2D eigenvalue weighted by Gasteiger charge is 2.47. The van der Waals surface area contributed by atoms with Crippen molar-refractivity contribution in [1.82, 2.24) is 9.21 Å². The molecule has 0 spiro atoms. The van der Waals surface area contributed by atoms with Gasteiger partial charge >= 0.3 is 0 Å². The smallest absolute Gasteiger partial charge is 0.252 e. The number of hydrogen-bond acceptors (Lipinski definition) is 7. The van der Waals surface area contributed by atoms with Gasteiger partial charge in [0.15, 0.2) is 0 Å². The molecule has 0 radical (unpaired) electrons. The highest BCUT2D eigenvalue weighted by Crippen LogP contribution is 2.30. The third-order valence-electron chi connectivity index (χ3n) is 6.17. The highest BCUT2D eigenvalue weighted by molar-refractivity contribution is 7.89. The molecule has 1 atom stereocenters. The van der Waals surface area contributed by atoms with Gasteiger partial charge in [0.25, 0.3) is 5.91 Å². The summed E-state index contributed by atoms with van der Waals surface area (Å²) in [6, 6.07) is 11.9. The maximum Gasteiger partial charge on any atom is 0.252 e. The van der Waals surface area contributed by atoms with Gasteiger partial charge in [-0.2, -0.15) is 4.31 Å². The molecule has 0 aromatic heterocycles. The lowest BCUT2D eigenvalue weighted by atomic mass is 10.2. The molecule has 4 rings (SSSR count). The van der Waals surface area contributed by atoms with Crippen molar-refractivity contribution in [1.29, 1.82) is 0 Å². The average Bonchev–Trinajstić information content (AvgIpc) is 3.13. The van der Waals surface area contributed by atoms with Gasteiger partial charge in [-0.3, -0.25) is 14.5 Å². The van der Waals surface area contributed by atoms with Crippen LogP contribution in [-0.4, -0.2) is 82.0 Å². The summed E-state index contributed by atoms with van der Waals surface area (Å²) in [5.74, 6) is -0.392. The largest absolute Gasteiger partial charge is 0.497 e. The van der Waals surface area contributed by atoms with Crippen molar-refractivity contribution < 1.29 is 27.5 Å². The summed E-state index contributed by atoms with van der Waals surface area (Å²) >= 11 is 0. The Labute approximate surface area is 199 Å². The molecule has 0 saturated carbocycles. The van der Waals surface area contributed by atoms with Crippen molar-refractivity contribution in [2.45, 2.75) is 24.3 Å². The van der Waals surface area contributed by atoms with Gasteiger partial charge in [-0.25, -0.2) is 13.3 Å². The number of anilines is 1. The number of ether oxygens (including phenoxy) is 2. The van der Waals surface area contributed by atoms with Gasteiger partial charge in [-0.05, 0) is 43.3 Å². The molecule has 2 aliphatic heterocycles. The Balaban J connectivity index is 1.63. The lowest BCUT2D eigenvalue weighted by Crippen LogP contribution is -2.49. The SMILES string of the molecule is COc1ccc(N2C(=O)CC(N(CCN3CCOCC3)S(=O)(=O)c3ccc(C)cc3)C2=O)cc1. The van der Waals surface area contributed by atoms with Gasteiger partial charge < -0.3 is 9.47 Å². The molecule has 1 unspecified atom stereocenters. The fourth-order valence-corrected chi connectivity index (χ4v) is 5.77. The van der Waals surface area contributed by atoms with Crippen molar-refractivity contribution in [3.8, 4) is 5.75 Å². The van der Waals surface area contributed by atoms with Crippen molar-refractivity contribution in [3.63, 3.8) is 0 Å². The number of nitrogens with zero attached hydrogens (tertiary/aromatic N) is 3. The number of aryl methyl sites for hydroxylation is 1. The van der Waals surface area contributed by atoms with Gasteiger partial charge in [-0.1, -0.05) is 17.7 Å². The van der Waals surface area contributed by atoms with Crippen LogP contribution in [0.2, 0.25) is 0 Å². The standard InChI is InChI=1S/C24H29N3O6S/c1-18-3-9-21(10-4-18)34(30,31)26(12-11-25-13-15-33-16-14-25)22-17-23(28)27(24(22)29)19-5-7-20(32-2)8-6-19/h3-10,22H,11-17H2,1-2H3. The van der Waals surface area contributed by atoms with E-state index in [1.807, 2.05) is 6.92 Å². The van der Waals surface area contributed by atoms with Crippen LogP contribution in [0, 0.1) is 6.92 Å². The van der Waals surface area contributed by atoms with E-state index in [0.717, 1.165) is 10.5 Å². The Bertz CT molecular complexity index is 1130. The van der Waals surface area contributed by atoms with E-state index in [1.165, 1.54) is 23.5 Å². The zero-order valence-corrected chi connectivity index (χ0v) is 20.2. The van der Waals surface area contributed by atoms with Gasteiger partial charge in [0.2, 0.25) is 15.9 Å². The molecule has 0 bridgehead atoms. The number of rotatable bonds is 8. The minimum atomic E-state index is -4.02. The molecule has 10 heteroatoms. The summed E-state index contributed by atoms with van der Waals surface area (Å²) in [6.07, 6.45) is -0.209. The van der Waals surface area contributed by atoms with E-state index >= 15 is 0 Å². The van der Waals surface area contributed by atoms with E-state index in [2.05, 4.69) is 4.90 Å². The number of amides is 2.